The molecular formula is C17H11ClN2O4S2. The number of nitrogens with zero attached hydrogens (tertiary/aromatic N) is 2. The number of aromatic nitrogens is 1. The predicted octanol–water partition coefficient (Wildman–Crippen LogP) is 3.01. The number of sulfonamides is 1. The lowest BCUT2D eigenvalue weighted by Crippen LogP contribution is -2.16. The van der Waals surface area contributed by atoms with Crippen LogP contribution >= 0.6 is 22.9 Å². The highest BCUT2D eigenvalue weighted by Crippen LogP contribution is 2.37. The molecule has 6 nitrogen and oxygen atoms in total. The number of rotatable bonds is 3. The number of hydrogen-bond donors (Lipinski definition) is 0. The SMILES string of the molecule is C#CCn1c(=NS(=O)(=O)c2ccc(Cl)cc2)sc2cc3c(cc21)OCO3. The number of benzene rings is 2. The molecule has 26 heavy (non-hydrogen) atoms. The molecule has 4 rings (SSSR count). The molecule has 0 saturated heterocycles. The molecule has 1 aromatic heterocycles. The molecular weight excluding hydrogens is 396 g/mol. The Morgan fingerprint density at radius 2 is 1.92 bits per heavy atom. The summed E-state index contributed by atoms with van der Waals surface area (Å²) in [6, 6.07) is 9.41. The van der Waals surface area contributed by atoms with Crippen LogP contribution in [0.5, 0.6) is 11.5 Å². The van der Waals surface area contributed by atoms with Gasteiger partial charge in [-0.15, -0.1) is 10.8 Å². The zero-order valence-corrected chi connectivity index (χ0v) is 15.6. The number of hydrogen-bond acceptors (Lipinski definition) is 5. The van der Waals surface area contributed by atoms with E-state index < -0.39 is 10.0 Å². The number of fused-ring (bicyclic) bond motifs is 2. The molecule has 0 unspecified atom stereocenters. The van der Waals surface area contributed by atoms with Crippen molar-refractivity contribution >= 4 is 43.2 Å². The van der Waals surface area contributed by atoms with Gasteiger partial charge in [0.25, 0.3) is 10.0 Å². The summed E-state index contributed by atoms with van der Waals surface area (Å²) in [6.07, 6.45) is 5.46. The fourth-order valence-electron chi connectivity index (χ4n) is 2.54. The topological polar surface area (TPSA) is 69.9 Å². The molecule has 1 aliphatic rings. The van der Waals surface area contributed by atoms with E-state index in [4.69, 9.17) is 27.5 Å². The predicted molar refractivity (Wildman–Crippen MR) is 99.0 cm³/mol. The van der Waals surface area contributed by atoms with Gasteiger partial charge in [-0.25, -0.2) is 0 Å². The first kappa shape index (κ1) is 17.0. The van der Waals surface area contributed by atoms with Crippen molar-refractivity contribution in [1.29, 1.82) is 0 Å². The number of halogens is 1. The molecule has 3 aromatic rings. The van der Waals surface area contributed by atoms with Gasteiger partial charge in [0, 0.05) is 17.2 Å². The van der Waals surface area contributed by atoms with Crippen molar-refractivity contribution in [3.05, 3.63) is 46.2 Å². The van der Waals surface area contributed by atoms with Crippen LogP contribution in [0.25, 0.3) is 10.2 Å². The quantitative estimate of drug-likeness (QED) is 0.627. The van der Waals surface area contributed by atoms with E-state index in [0.29, 0.717) is 16.5 Å². The zero-order chi connectivity index (χ0) is 18.3. The van der Waals surface area contributed by atoms with Crippen molar-refractivity contribution in [1.82, 2.24) is 4.57 Å². The van der Waals surface area contributed by atoms with Crippen LogP contribution in [0.15, 0.2) is 45.7 Å². The van der Waals surface area contributed by atoms with E-state index in [1.165, 1.54) is 35.6 Å². The van der Waals surface area contributed by atoms with E-state index in [0.717, 1.165) is 10.2 Å². The van der Waals surface area contributed by atoms with E-state index >= 15 is 0 Å². The summed E-state index contributed by atoms with van der Waals surface area (Å²) < 4.78 is 42.5. The zero-order valence-electron chi connectivity index (χ0n) is 13.2. The molecule has 0 aliphatic carbocycles. The fraction of sp³-hybridized carbons (Fsp3) is 0.118. The molecule has 0 spiro atoms. The maximum atomic E-state index is 12.6. The van der Waals surface area contributed by atoms with Gasteiger partial charge in [-0.05, 0) is 24.3 Å². The molecule has 2 heterocycles. The van der Waals surface area contributed by atoms with Gasteiger partial charge in [-0.3, -0.25) is 0 Å². The average molecular weight is 407 g/mol. The highest BCUT2D eigenvalue weighted by molar-refractivity contribution is 7.90. The third-order valence-electron chi connectivity index (χ3n) is 3.74. The summed E-state index contributed by atoms with van der Waals surface area (Å²) in [5.74, 6) is 3.73. The van der Waals surface area contributed by atoms with E-state index in [2.05, 4.69) is 10.3 Å². The van der Waals surface area contributed by atoms with Gasteiger partial charge in [-0.1, -0.05) is 28.9 Å². The molecule has 0 bridgehead atoms. The van der Waals surface area contributed by atoms with Crippen LogP contribution in [-0.4, -0.2) is 19.8 Å². The lowest BCUT2D eigenvalue weighted by molar-refractivity contribution is 0.174. The van der Waals surface area contributed by atoms with E-state index in [1.54, 1.807) is 16.7 Å². The fourth-order valence-corrected chi connectivity index (χ4v) is 4.90. The van der Waals surface area contributed by atoms with Crippen molar-refractivity contribution in [2.75, 3.05) is 6.79 Å². The van der Waals surface area contributed by atoms with Crippen molar-refractivity contribution < 1.29 is 17.9 Å². The maximum Gasteiger partial charge on any atom is 0.285 e. The van der Waals surface area contributed by atoms with Gasteiger partial charge >= 0.3 is 0 Å². The van der Waals surface area contributed by atoms with E-state index in [1.807, 2.05) is 0 Å². The summed E-state index contributed by atoms with van der Waals surface area (Å²) in [7, 11) is -3.91. The Kier molecular flexibility index (Phi) is 4.15. The Labute approximate surface area is 158 Å². The number of terminal acetylenes is 1. The second-order valence-electron chi connectivity index (χ2n) is 5.37. The summed E-state index contributed by atoms with van der Waals surface area (Å²) in [5.41, 5.74) is 0.738. The van der Waals surface area contributed by atoms with Crippen molar-refractivity contribution in [2.45, 2.75) is 11.4 Å². The highest BCUT2D eigenvalue weighted by atomic mass is 35.5. The molecule has 9 heteroatoms. The molecule has 1 aliphatic heterocycles. The Hall–Kier alpha value is -2.47. The molecule has 0 fully saturated rings. The van der Waals surface area contributed by atoms with Crippen LogP contribution in [0.2, 0.25) is 5.02 Å². The highest BCUT2D eigenvalue weighted by Gasteiger charge is 2.19. The second-order valence-corrected chi connectivity index (χ2v) is 8.42. The standard InChI is InChI=1S/C17H11ClN2O4S2/c1-2-7-20-13-8-14-15(24-10-23-14)9-16(13)25-17(20)19-26(21,22)12-5-3-11(18)4-6-12/h1,3-6,8-9H,7,10H2. The van der Waals surface area contributed by atoms with E-state index in [9.17, 15) is 8.42 Å². The van der Waals surface area contributed by atoms with Crippen LogP contribution < -0.4 is 14.3 Å². The largest absolute Gasteiger partial charge is 0.454 e. The average Bonchev–Trinajstić information content (AvgIpc) is 3.18. The molecule has 0 amide bonds. The second kappa shape index (κ2) is 6.36. The molecule has 0 atom stereocenters. The Morgan fingerprint density at radius 3 is 2.62 bits per heavy atom. The summed E-state index contributed by atoms with van der Waals surface area (Å²) in [6.45, 7) is 0.332. The Bertz CT molecular complexity index is 1220. The van der Waals surface area contributed by atoms with Crippen LogP contribution in [-0.2, 0) is 16.6 Å². The van der Waals surface area contributed by atoms with Gasteiger partial charge in [0.05, 0.1) is 21.7 Å². The van der Waals surface area contributed by atoms with Crippen molar-refractivity contribution in [2.24, 2.45) is 4.40 Å². The van der Waals surface area contributed by atoms with Crippen molar-refractivity contribution in [3.8, 4) is 23.8 Å². The lowest BCUT2D eigenvalue weighted by atomic mass is 10.3. The minimum Gasteiger partial charge on any atom is -0.454 e. The molecule has 2 aromatic carbocycles. The summed E-state index contributed by atoms with van der Waals surface area (Å²) in [4.78, 5) is 0.331. The van der Waals surface area contributed by atoms with Gasteiger partial charge in [-0.2, -0.15) is 8.42 Å². The normalized spacial score (nSPS) is 13.9. The minimum atomic E-state index is -3.91. The third-order valence-corrected chi connectivity index (χ3v) is 6.43. The van der Waals surface area contributed by atoms with E-state index in [-0.39, 0.29) is 23.0 Å². The van der Waals surface area contributed by atoms with Crippen LogP contribution in [0.3, 0.4) is 0 Å². The Morgan fingerprint density at radius 1 is 1.23 bits per heavy atom. The summed E-state index contributed by atoms with van der Waals surface area (Å²) >= 11 is 7.03. The lowest BCUT2D eigenvalue weighted by Gasteiger charge is -2.02. The smallest absolute Gasteiger partial charge is 0.285 e. The number of thiazole rings is 1. The molecule has 0 radical (unpaired) electrons. The number of ether oxygens (including phenoxy) is 2. The molecule has 132 valence electrons. The molecule has 0 N–H and O–H groups in total. The van der Waals surface area contributed by atoms with Gasteiger partial charge in [0.15, 0.2) is 11.5 Å². The van der Waals surface area contributed by atoms with Gasteiger partial charge < -0.3 is 14.0 Å². The first-order valence-electron chi connectivity index (χ1n) is 7.41. The first-order valence-corrected chi connectivity index (χ1v) is 10.0. The minimum absolute atomic E-state index is 0.0563. The van der Waals surface area contributed by atoms with Crippen LogP contribution in [0.4, 0.5) is 0 Å². The molecule has 0 saturated carbocycles. The van der Waals surface area contributed by atoms with Crippen LogP contribution in [0.1, 0.15) is 0 Å². The van der Waals surface area contributed by atoms with Crippen LogP contribution in [0, 0.1) is 12.3 Å². The first-order chi connectivity index (χ1) is 12.5. The van der Waals surface area contributed by atoms with Gasteiger partial charge in [0.1, 0.15) is 0 Å². The van der Waals surface area contributed by atoms with Gasteiger partial charge in [0.2, 0.25) is 11.6 Å². The third kappa shape index (κ3) is 2.94. The monoisotopic (exact) mass is 406 g/mol. The maximum absolute atomic E-state index is 12.6. The Balaban J connectivity index is 1.93. The van der Waals surface area contributed by atoms with Crippen molar-refractivity contribution in [3.63, 3.8) is 0 Å². The summed E-state index contributed by atoms with van der Waals surface area (Å²) in [5, 5.41) is 0.447.